The molecule has 0 heterocycles. The molecule has 0 bridgehead atoms. The second-order valence-electron chi connectivity index (χ2n) is 5.25. The first-order valence-electron chi connectivity index (χ1n) is 5.76. The van der Waals surface area contributed by atoms with E-state index in [4.69, 9.17) is 5.11 Å². The third-order valence-corrected chi connectivity index (χ3v) is 2.47. The number of hydrogen-bond acceptors (Lipinski definition) is 2. The van der Waals surface area contributed by atoms with Crippen molar-refractivity contribution >= 4 is 17.7 Å². The summed E-state index contributed by atoms with van der Waals surface area (Å²) in [5.74, 6) is -1.61. The lowest BCUT2D eigenvalue weighted by Gasteiger charge is -2.27. The lowest BCUT2D eigenvalue weighted by atomic mass is 9.87. The molecule has 1 atom stereocenters. The van der Waals surface area contributed by atoms with Gasteiger partial charge in [0.05, 0.1) is 0 Å². The molecule has 0 aliphatic heterocycles. The lowest BCUT2D eigenvalue weighted by Crippen LogP contribution is -2.50. The largest absolute Gasteiger partial charge is 0.480 e. The van der Waals surface area contributed by atoms with Crippen LogP contribution in [0.5, 0.6) is 0 Å². The minimum Gasteiger partial charge on any atom is -0.480 e. The smallest absolute Gasteiger partial charge is 0.326 e. The van der Waals surface area contributed by atoms with Gasteiger partial charge in [-0.25, -0.2) is 14.0 Å². The van der Waals surface area contributed by atoms with Crippen LogP contribution in [0.2, 0.25) is 0 Å². The van der Waals surface area contributed by atoms with Crippen molar-refractivity contribution in [3.8, 4) is 0 Å². The molecular weight excluding hydrogens is 251 g/mol. The molecule has 0 radical (unpaired) electrons. The number of nitrogens with one attached hydrogen (secondary N) is 2. The first kappa shape index (κ1) is 14.9. The Morgan fingerprint density at radius 3 is 2.42 bits per heavy atom. The van der Waals surface area contributed by atoms with Gasteiger partial charge in [-0.2, -0.15) is 0 Å². The number of benzene rings is 1. The molecule has 0 aromatic heterocycles. The Kier molecular flexibility index (Phi) is 4.47. The van der Waals surface area contributed by atoms with Gasteiger partial charge in [-0.1, -0.05) is 26.8 Å². The first-order valence-corrected chi connectivity index (χ1v) is 5.76. The maximum Gasteiger partial charge on any atom is 0.326 e. The maximum absolute atomic E-state index is 12.9. The average Bonchev–Trinajstić information content (AvgIpc) is 2.24. The number of carbonyl (C=O) groups excluding carboxylic acids is 1. The van der Waals surface area contributed by atoms with Crippen molar-refractivity contribution in [2.75, 3.05) is 5.32 Å². The van der Waals surface area contributed by atoms with Gasteiger partial charge in [0.1, 0.15) is 11.9 Å². The summed E-state index contributed by atoms with van der Waals surface area (Å²) in [6, 6.07) is 3.62. The van der Waals surface area contributed by atoms with Gasteiger partial charge in [-0.3, -0.25) is 0 Å². The van der Waals surface area contributed by atoms with E-state index in [0.717, 1.165) is 6.07 Å². The summed E-state index contributed by atoms with van der Waals surface area (Å²) in [7, 11) is 0. The normalized spacial score (nSPS) is 12.6. The molecule has 1 aromatic rings. The van der Waals surface area contributed by atoms with E-state index in [2.05, 4.69) is 10.6 Å². The lowest BCUT2D eigenvalue weighted by molar-refractivity contribution is -0.141. The van der Waals surface area contributed by atoms with Gasteiger partial charge in [0, 0.05) is 5.69 Å². The minimum absolute atomic E-state index is 0.260. The van der Waals surface area contributed by atoms with Gasteiger partial charge >= 0.3 is 12.0 Å². The van der Waals surface area contributed by atoms with Crippen LogP contribution < -0.4 is 10.6 Å². The molecule has 0 saturated carbocycles. The summed E-state index contributed by atoms with van der Waals surface area (Å²) in [6.07, 6.45) is 0. The predicted molar refractivity (Wildman–Crippen MR) is 69.4 cm³/mol. The van der Waals surface area contributed by atoms with Crippen LogP contribution in [-0.4, -0.2) is 23.1 Å². The molecule has 104 valence electrons. The number of urea groups is 1. The van der Waals surface area contributed by atoms with Crippen LogP contribution >= 0.6 is 0 Å². The Hall–Kier alpha value is -2.11. The molecule has 3 N–H and O–H groups in total. The zero-order valence-corrected chi connectivity index (χ0v) is 11.0. The number of halogens is 1. The highest BCUT2D eigenvalue weighted by atomic mass is 19.1. The van der Waals surface area contributed by atoms with Crippen LogP contribution in [0.4, 0.5) is 14.9 Å². The number of anilines is 1. The summed E-state index contributed by atoms with van der Waals surface area (Å²) < 4.78 is 12.9. The van der Waals surface area contributed by atoms with Gasteiger partial charge in [0.2, 0.25) is 0 Å². The molecule has 0 aliphatic carbocycles. The van der Waals surface area contributed by atoms with E-state index in [0.29, 0.717) is 0 Å². The summed E-state index contributed by atoms with van der Waals surface area (Å²) in [5, 5.41) is 13.8. The van der Waals surface area contributed by atoms with Gasteiger partial charge < -0.3 is 15.7 Å². The average molecular weight is 268 g/mol. The molecule has 0 fully saturated rings. The number of carboxylic acids is 1. The van der Waals surface area contributed by atoms with Crippen LogP contribution in [0.3, 0.4) is 0 Å². The van der Waals surface area contributed by atoms with E-state index >= 15 is 0 Å². The highest BCUT2D eigenvalue weighted by Gasteiger charge is 2.32. The van der Waals surface area contributed by atoms with Crippen LogP contribution in [-0.2, 0) is 4.79 Å². The van der Waals surface area contributed by atoms with Gasteiger partial charge in [-0.05, 0) is 23.6 Å². The highest BCUT2D eigenvalue weighted by Crippen LogP contribution is 2.19. The molecule has 5 nitrogen and oxygen atoms in total. The number of carbonyl (C=O) groups is 2. The second-order valence-corrected chi connectivity index (χ2v) is 5.25. The predicted octanol–water partition coefficient (Wildman–Crippen LogP) is 2.45. The number of hydrogen-bond donors (Lipinski definition) is 3. The van der Waals surface area contributed by atoms with E-state index in [-0.39, 0.29) is 5.69 Å². The number of rotatable bonds is 3. The van der Waals surface area contributed by atoms with Gasteiger partial charge in [0.25, 0.3) is 0 Å². The van der Waals surface area contributed by atoms with Gasteiger partial charge in [-0.15, -0.1) is 0 Å². The molecular formula is C13H17FN2O3. The monoisotopic (exact) mass is 268 g/mol. The number of aliphatic carboxylic acids is 1. The SMILES string of the molecule is CC(C)(C)C(NC(=O)Nc1cccc(F)c1)C(=O)O. The quantitative estimate of drug-likeness (QED) is 0.787. The van der Waals surface area contributed by atoms with Crippen LogP contribution in [0.15, 0.2) is 24.3 Å². The van der Waals surface area contributed by atoms with E-state index in [9.17, 15) is 14.0 Å². The van der Waals surface area contributed by atoms with Gasteiger partial charge in [0.15, 0.2) is 0 Å². The Labute approximate surface area is 110 Å². The van der Waals surface area contributed by atoms with Crippen molar-refractivity contribution in [3.63, 3.8) is 0 Å². The van der Waals surface area contributed by atoms with E-state index in [1.54, 1.807) is 20.8 Å². The Bertz CT molecular complexity index is 483. The Morgan fingerprint density at radius 2 is 1.95 bits per heavy atom. The van der Waals surface area contributed by atoms with Crippen molar-refractivity contribution in [1.82, 2.24) is 5.32 Å². The van der Waals surface area contributed by atoms with Crippen LogP contribution in [0, 0.1) is 11.2 Å². The summed E-state index contributed by atoms with van der Waals surface area (Å²) >= 11 is 0. The molecule has 0 saturated heterocycles. The van der Waals surface area contributed by atoms with E-state index in [1.807, 2.05) is 0 Å². The zero-order valence-electron chi connectivity index (χ0n) is 11.0. The fraction of sp³-hybridized carbons (Fsp3) is 0.385. The highest BCUT2D eigenvalue weighted by molar-refractivity contribution is 5.92. The third kappa shape index (κ3) is 4.57. The Balaban J connectivity index is 2.71. The van der Waals surface area contributed by atoms with Crippen LogP contribution in [0.25, 0.3) is 0 Å². The standard InChI is InChI=1S/C13H17FN2O3/c1-13(2,3)10(11(17)18)16-12(19)15-9-6-4-5-8(14)7-9/h4-7,10H,1-3H3,(H,17,18)(H2,15,16,19). The third-order valence-electron chi connectivity index (χ3n) is 2.47. The molecule has 0 spiro atoms. The first-order chi connectivity index (χ1) is 8.70. The zero-order chi connectivity index (χ0) is 14.6. The van der Waals surface area contributed by atoms with Crippen molar-refractivity contribution in [2.24, 2.45) is 5.41 Å². The second kappa shape index (κ2) is 5.69. The number of amides is 2. The van der Waals surface area contributed by atoms with Crippen molar-refractivity contribution in [3.05, 3.63) is 30.1 Å². The van der Waals surface area contributed by atoms with E-state index < -0.39 is 29.3 Å². The van der Waals surface area contributed by atoms with Crippen LogP contribution in [0.1, 0.15) is 20.8 Å². The summed E-state index contributed by atoms with van der Waals surface area (Å²) in [6.45, 7) is 5.11. The fourth-order valence-corrected chi connectivity index (χ4v) is 1.51. The maximum atomic E-state index is 12.9. The topological polar surface area (TPSA) is 78.4 Å². The molecule has 0 aliphatic rings. The molecule has 1 rings (SSSR count). The minimum atomic E-state index is -1.12. The summed E-state index contributed by atoms with van der Waals surface area (Å²) in [4.78, 5) is 22.8. The molecule has 6 heteroatoms. The molecule has 1 aromatic carbocycles. The number of carboxylic acid groups (broad SMARTS) is 1. The summed E-state index contributed by atoms with van der Waals surface area (Å²) in [5.41, 5.74) is -0.374. The van der Waals surface area contributed by atoms with Crippen molar-refractivity contribution in [1.29, 1.82) is 0 Å². The Morgan fingerprint density at radius 1 is 1.32 bits per heavy atom. The molecule has 19 heavy (non-hydrogen) atoms. The van der Waals surface area contributed by atoms with Crippen molar-refractivity contribution < 1.29 is 19.1 Å². The van der Waals surface area contributed by atoms with E-state index in [1.165, 1.54) is 18.2 Å². The molecule has 1 unspecified atom stereocenters. The van der Waals surface area contributed by atoms with Crippen molar-refractivity contribution in [2.45, 2.75) is 26.8 Å². The molecule has 2 amide bonds. The fourth-order valence-electron chi connectivity index (χ4n) is 1.51.